The van der Waals surface area contributed by atoms with E-state index in [0.29, 0.717) is 0 Å². The molecule has 0 fully saturated rings. The van der Waals surface area contributed by atoms with Gasteiger partial charge in [-0.3, -0.25) is 4.99 Å². The van der Waals surface area contributed by atoms with Crippen molar-refractivity contribution in [3.8, 4) is 5.75 Å². The van der Waals surface area contributed by atoms with Crippen molar-refractivity contribution in [2.45, 2.75) is 39.0 Å². The first-order valence-electron chi connectivity index (χ1n) is 8.76. The van der Waals surface area contributed by atoms with E-state index >= 15 is 0 Å². The number of nitrogens with zero attached hydrogens (tertiary/aromatic N) is 3. The molecule has 130 valence electrons. The lowest BCUT2D eigenvalue weighted by molar-refractivity contribution is 0.305. The standard InChI is InChI=1S/C19H33N3O/c1-5-16-22(4)19(21(2)3)20-15-11-6-7-12-17-23-18-13-9-8-10-14-18/h8-10,13-14H,5-7,11-12,15-17H2,1-4H3. The first kappa shape index (κ1) is 19.3. The van der Waals surface area contributed by atoms with Crippen LogP contribution in [-0.2, 0) is 0 Å². The lowest BCUT2D eigenvalue weighted by atomic mass is 10.2. The molecule has 4 heteroatoms. The first-order valence-corrected chi connectivity index (χ1v) is 8.76. The maximum Gasteiger partial charge on any atom is 0.195 e. The molecular formula is C19H33N3O. The molecule has 0 aliphatic carbocycles. The molecule has 1 rings (SSSR count). The summed E-state index contributed by atoms with van der Waals surface area (Å²) in [6.07, 6.45) is 5.80. The molecular weight excluding hydrogens is 286 g/mol. The number of ether oxygens (including phenoxy) is 1. The molecule has 0 bridgehead atoms. The van der Waals surface area contributed by atoms with Gasteiger partial charge in [-0.15, -0.1) is 0 Å². The molecule has 0 aliphatic heterocycles. The minimum atomic E-state index is 0.801. The number of unbranched alkanes of at least 4 members (excludes halogenated alkanes) is 3. The van der Waals surface area contributed by atoms with Crippen LogP contribution in [0.4, 0.5) is 0 Å². The second-order valence-corrected chi connectivity index (χ2v) is 6.07. The molecule has 1 aromatic rings. The van der Waals surface area contributed by atoms with Gasteiger partial charge in [-0.25, -0.2) is 0 Å². The fraction of sp³-hybridized carbons (Fsp3) is 0.632. The number of benzene rings is 1. The zero-order valence-corrected chi connectivity index (χ0v) is 15.3. The Bertz CT molecular complexity index is 432. The Balaban J connectivity index is 2.12. The summed E-state index contributed by atoms with van der Waals surface area (Å²) < 4.78 is 5.70. The monoisotopic (exact) mass is 319 g/mol. The highest BCUT2D eigenvalue weighted by Crippen LogP contribution is 2.09. The zero-order chi connectivity index (χ0) is 16.9. The third-order valence-corrected chi connectivity index (χ3v) is 3.62. The van der Waals surface area contributed by atoms with Gasteiger partial charge in [0.2, 0.25) is 0 Å². The number of para-hydroxylation sites is 1. The van der Waals surface area contributed by atoms with Gasteiger partial charge in [0.25, 0.3) is 0 Å². The summed E-state index contributed by atoms with van der Waals surface area (Å²) in [5, 5.41) is 0. The Morgan fingerprint density at radius 2 is 1.70 bits per heavy atom. The molecule has 0 saturated carbocycles. The van der Waals surface area contributed by atoms with Crippen LogP contribution in [0.3, 0.4) is 0 Å². The predicted molar refractivity (Wildman–Crippen MR) is 99.3 cm³/mol. The first-order chi connectivity index (χ1) is 11.1. The van der Waals surface area contributed by atoms with Gasteiger partial charge in [0.15, 0.2) is 5.96 Å². The van der Waals surface area contributed by atoms with Gasteiger partial charge in [0, 0.05) is 34.2 Å². The summed E-state index contributed by atoms with van der Waals surface area (Å²) in [7, 11) is 6.24. The second-order valence-electron chi connectivity index (χ2n) is 6.07. The Morgan fingerprint density at radius 1 is 1.00 bits per heavy atom. The van der Waals surface area contributed by atoms with E-state index in [-0.39, 0.29) is 0 Å². The highest BCUT2D eigenvalue weighted by molar-refractivity contribution is 5.79. The highest BCUT2D eigenvalue weighted by atomic mass is 16.5. The van der Waals surface area contributed by atoms with Gasteiger partial charge in [0.05, 0.1) is 6.61 Å². The number of aliphatic imine (C=N–C) groups is 1. The van der Waals surface area contributed by atoms with Crippen LogP contribution < -0.4 is 4.74 Å². The van der Waals surface area contributed by atoms with E-state index in [1.807, 2.05) is 30.3 Å². The molecule has 0 spiro atoms. The maximum atomic E-state index is 5.70. The molecule has 1 aromatic carbocycles. The quantitative estimate of drug-likeness (QED) is 0.372. The number of rotatable bonds is 10. The molecule has 0 atom stereocenters. The Labute approximate surface area is 142 Å². The number of guanidine groups is 1. The Morgan fingerprint density at radius 3 is 2.35 bits per heavy atom. The molecule has 4 nitrogen and oxygen atoms in total. The van der Waals surface area contributed by atoms with Gasteiger partial charge < -0.3 is 14.5 Å². The van der Waals surface area contributed by atoms with Gasteiger partial charge in [-0.1, -0.05) is 31.5 Å². The molecule has 0 radical (unpaired) electrons. The molecule has 0 N–H and O–H groups in total. The summed E-state index contributed by atoms with van der Waals surface area (Å²) in [6, 6.07) is 10.0. The molecule has 0 unspecified atom stereocenters. The minimum Gasteiger partial charge on any atom is -0.494 e. The smallest absolute Gasteiger partial charge is 0.195 e. The van der Waals surface area contributed by atoms with E-state index in [0.717, 1.165) is 50.7 Å². The Hall–Kier alpha value is -1.71. The van der Waals surface area contributed by atoms with Crippen LogP contribution in [0.1, 0.15) is 39.0 Å². The number of hydrogen-bond donors (Lipinski definition) is 0. The molecule has 23 heavy (non-hydrogen) atoms. The van der Waals surface area contributed by atoms with Crippen LogP contribution in [0, 0.1) is 0 Å². The third kappa shape index (κ3) is 8.48. The van der Waals surface area contributed by atoms with Gasteiger partial charge >= 0.3 is 0 Å². The summed E-state index contributed by atoms with van der Waals surface area (Å²) in [5.41, 5.74) is 0. The van der Waals surface area contributed by atoms with Crippen molar-refractivity contribution in [1.29, 1.82) is 0 Å². The van der Waals surface area contributed by atoms with Gasteiger partial charge in [0.1, 0.15) is 5.75 Å². The normalized spacial score (nSPS) is 11.4. The van der Waals surface area contributed by atoms with E-state index < -0.39 is 0 Å². The van der Waals surface area contributed by atoms with E-state index in [1.54, 1.807) is 0 Å². The SMILES string of the molecule is CCCN(C)C(=NCCCCCCOc1ccccc1)N(C)C. The Kier molecular flexibility index (Phi) is 9.92. The largest absolute Gasteiger partial charge is 0.494 e. The highest BCUT2D eigenvalue weighted by Gasteiger charge is 2.06. The average Bonchev–Trinajstić information content (AvgIpc) is 2.54. The zero-order valence-electron chi connectivity index (χ0n) is 15.3. The van der Waals surface area contributed by atoms with Crippen molar-refractivity contribution in [3.63, 3.8) is 0 Å². The molecule has 0 saturated heterocycles. The van der Waals surface area contributed by atoms with Crippen LogP contribution in [0.25, 0.3) is 0 Å². The van der Waals surface area contributed by atoms with Crippen LogP contribution >= 0.6 is 0 Å². The van der Waals surface area contributed by atoms with Crippen LogP contribution in [-0.4, -0.2) is 56.6 Å². The lowest BCUT2D eigenvalue weighted by Crippen LogP contribution is -2.38. The van der Waals surface area contributed by atoms with Crippen molar-refractivity contribution in [2.24, 2.45) is 4.99 Å². The molecule has 0 heterocycles. The average molecular weight is 319 g/mol. The van der Waals surface area contributed by atoms with Crippen molar-refractivity contribution in [3.05, 3.63) is 30.3 Å². The van der Waals surface area contributed by atoms with Crippen LogP contribution in [0.5, 0.6) is 5.75 Å². The van der Waals surface area contributed by atoms with E-state index in [2.05, 4.69) is 37.9 Å². The van der Waals surface area contributed by atoms with Crippen molar-refractivity contribution in [1.82, 2.24) is 9.80 Å². The van der Waals surface area contributed by atoms with Gasteiger partial charge in [-0.05, 0) is 37.8 Å². The maximum absolute atomic E-state index is 5.70. The predicted octanol–water partition coefficient (Wildman–Crippen LogP) is 3.89. The lowest BCUT2D eigenvalue weighted by Gasteiger charge is -2.26. The summed E-state index contributed by atoms with van der Waals surface area (Å²) in [5.74, 6) is 2.05. The fourth-order valence-electron chi connectivity index (χ4n) is 2.49. The van der Waals surface area contributed by atoms with E-state index in [1.165, 1.54) is 12.8 Å². The third-order valence-electron chi connectivity index (χ3n) is 3.62. The number of hydrogen-bond acceptors (Lipinski definition) is 2. The van der Waals surface area contributed by atoms with E-state index in [9.17, 15) is 0 Å². The topological polar surface area (TPSA) is 28.1 Å². The summed E-state index contributed by atoms with van der Waals surface area (Å²) in [4.78, 5) is 9.07. The minimum absolute atomic E-state index is 0.801. The van der Waals surface area contributed by atoms with E-state index in [4.69, 9.17) is 9.73 Å². The summed E-state index contributed by atoms with van der Waals surface area (Å²) in [6.45, 7) is 4.95. The second kappa shape index (κ2) is 11.8. The van der Waals surface area contributed by atoms with Crippen molar-refractivity contribution in [2.75, 3.05) is 40.8 Å². The molecule has 0 aliphatic rings. The summed E-state index contributed by atoms with van der Waals surface area (Å²) >= 11 is 0. The van der Waals surface area contributed by atoms with Crippen molar-refractivity contribution >= 4 is 5.96 Å². The van der Waals surface area contributed by atoms with Crippen LogP contribution in [0.2, 0.25) is 0 Å². The van der Waals surface area contributed by atoms with Gasteiger partial charge in [-0.2, -0.15) is 0 Å². The van der Waals surface area contributed by atoms with Crippen LogP contribution in [0.15, 0.2) is 35.3 Å². The van der Waals surface area contributed by atoms with Crippen molar-refractivity contribution < 1.29 is 4.74 Å². The molecule has 0 amide bonds. The fourth-order valence-corrected chi connectivity index (χ4v) is 2.49. The molecule has 0 aromatic heterocycles.